The zero-order chi connectivity index (χ0) is 14.7. The summed E-state index contributed by atoms with van der Waals surface area (Å²) in [6.45, 7) is 1.93. The van der Waals surface area contributed by atoms with Crippen LogP contribution in [0.2, 0.25) is 5.02 Å². The second kappa shape index (κ2) is 6.19. The Morgan fingerprint density at radius 2 is 2.20 bits per heavy atom. The molecule has 0 aliphatic carbocycles. The zero-order valence-corrected chi connectivity index (χ0v) is 12.8. The van der Waals surface area contributed by atoms with Crippen LogP contribution in [0.15, 0.2) is 34.9 Å². The smallest absolute Gasteiger partial charge is 0.311 e. The number of pyridine rings is 1. The molecule has 0 unspecified atom stereocenters. The first-order chi connectivity index (χ1) is 9.51. The summed E-state index contributed by atoms with van der Waals surface area (Å²) in [4.78, 5) is 14.6. The van der Waals surface area contributed by atoms with E-state index in [-0.39, 0.29) is 17.3 Å². The lowest BCUT2D eigenvalue weighted by Gasteiger charge is -2.08. The molecule has 0 aliphatic rings. The third-order valence-corrected chi connectivity index (χ3v) is 3.38. The molecule has 1 aromatic heterocycles. The van der Waals surface area contributed by atoms with Crippen LogP contribution in [0.4, 0.5) is 5.69 Å². The SMILES string of the molecule is CCc1ccc(Oc2ncc(Cl)cc2Br)c([N+](=O)[O-])c1. The van der Waals surface area contributed by atoms with E-state index in [1.165, 1.54) is 12.3 Å². The van der Waals surface area contributed by atoms with Crippen molar-refractivity contribution < 1.29 is 9.66 Å². The molecule has 0 spiro atoms. The van der Waals surface area contributed by atoms with E-state index in [1.807, 2.05) is 6.92 Å². The molecule has 0 aliphatic heterocycles. The van der Waals surface area contributed by atoms with Crippen LogP contribution in [0.3, 0.4) is 0 Å². The van der Waals surface area contributed by atoms with Crippen LogP contribution in [-0.2, 0) is 6.42 Å². The van der Waals surface area contributed by atoms with Gasteiger partial charge in [0.25, 0.3) is 0 Å². The Kier molecular flexibility index (Phi) is 4.57. The van der Waals surface area contributed by atoms with Gasteiger partial charge in [0.1, 0.15) is 0 Å². The molecule has 0 amide bonds. The second-order valence-electron chi connectivity index (χ2n) is 3.96. The monoisotopic (exact) mass is 356 g/mol. The molecular weight excluding hydrogens is 348 g/mol. The Morgan fingerprint density at radius 1 is 1.45 bits per heavy atom. The number of benzene rings is 1. The van der Waals surface area contributed by atoms with Crippen LogP contribution in [-0.4, -0.2) is 9.91 Å². The van der Waals surface area contributed by atoms with Crippen molar-refractivity contribution in [1.29, 1.82) is 0 Å². The maximum absolute atomic E-state index is 11.1. The molecule has 2 rings (SSSR count). The van der Waals surface area contributed by atoms with Gasteiger partial charge in [0.2, 0.25) is 11.6 Å². The third-order valence-electron chi connectivity index (χ3n) is 2.61. The summed E-state index contributed by atoms with van der Waals surface area (Å²) in [7, 11) is 0. The third kappa shape index (κ3) is 3.26. The van der Waals surface area contributed by atoms with Gasteiger partial charge < -0.3 is 4.74 Å². The summed E-state index contributed by atoms with van der Waals surface area (Å²) >= 11 is 9.04. The van der Waals surface area contributed by atoms with E-state index in [1.54, 1.807) is 18.2 Å². The molecule has 0 saturated heterocycles. The molecule has 0 bridgehead atoms. The maximum atomic E-state index is 11.1. The number of nitro groups is 1. The second-order valence-corrected chi connectivity index (χ2v) is 5.25. The van der Waals surface area contributed by atoms with Gasteiger partial charge >= 0.3 is 5.69 Å². The van der Waals surface area contributed by atoms with Crippen molar-refractivity contribution >= 4 is 33.2 Å². The lowest BCUT2D eigenvalue weighted by Crippen LogP contribution is -1.96. The number of aromatic nitrogens is 1. The fourth-order valence-electron chi connectivity index (χ4n) is 1.59. The first kappa shape index (κ1) is 14.7. The van der Waals surface area contributed by atoms with Crippen molar-refractivity contribution in [1.82, 2.24) is 4.98 Å². The molecule has 0 N–H and O–H groups in total. The van der Waals surface area contributed by atoms with E-state index in [4.69, 9.17) is 16.3 Å². The number of ether oxygens (including phenoxy) is 1. The van der Waals surface area contributed by atoms with Crippen LogP contribution in [0.1, 0.15) is 12.5 Å². The molecule has 5 nitrogen and oxygen atoms in total. The summed E-state index contributed by atoms with van der Waals surface area (Å²) in [6, 6.07) is 6.46. The van der Waals surface area contributed by atoms with Gasteiger partial charge in [-0.15, -0.1) is 0 Å². The molecular formula is C13H10BrClN2O3. The van der Waals surface area contributed by atoms with Crippen LogP contribution in [0.25, 0.3) is 0 Å². The van der Waals surface area contributed by atoms with Crippen molar-refractivity contribution in [3.8, 4) is 11.6 Å². The van der Waals surface area contributed by atoms with Gasteiger partial charge in [0, 0.05) is 12.3 Å². The van der Waals surface area contributed by atoms with E-state index in [9.17, 15) is 10.1 Å². The summed E-state index contributed by atoms with van der Waals surface area (Å²) in [5.74, 6) is 0.365. The summed E-state index contributed by atoms with van der Waals surface area (Å²) < 4.78 is 6.02. The van der Waals surface area contributed by atoms with Crippen LogP contribution in [0, 0.1) is 10.1 Å². The Morgan fingerprint density at radius 3 is 2.80 bits per heavy atom. The van der Waals surface area contributed by atoms with Crippen molar-refractivity contribution in [3.63, 3.8) is 0 Å². The highest BCUT2D eigenvalue weighted by Crippen LogP contribution is 2.35. The fraction of sp³-hybridized carbons (Fsp3) is 0.154. The van der Waals surface area contributed by atoms with E-state index < -0.39 is 4.92 Å². The predicted octanol–water partition coefficient (Wildman–Crippen LogP) is 4.76. The van der Waals surface area contributed by atoms with Gasteiger partial charge in [-0.2, -0.15) is 0 Å². The lowest BCUT2D eigenvalue weighted by atomic mass is 10.1. The number of rotatable bonds is 4. The molecule has 2 aromatic rings. The van der Waals surface area contributed by atoms with Gasteiger partial charge in [0.15, 0.2) is 0 Å². The first-order valence-corrected chi connectivity index (χ1v) is 6.94. The van der Waals surface area contributed by atoms with Crippen LogP contribution < -0.4 is 4.74 Å². The van der Waals surface area contributed by atoms with Gasteiger partial charge in [-0.05, 0) is 40.0 Å². The summed E-state index contributed by atoms with van der Waals surface area (Å²) in [5, 5.41) is 11.5. The summed E-state index contributed by atoms with van der Waals surface area (Å²) in [6.07, 6.45) is 2.12. The number of nitrogens with zero attached hydrogens (tertiary/aromatic N) is 2. The van der Waals surface area contributed by atoms with E-state index >= 15 is 0 Å². The van der Waals surface area contributed by atoms with Crippen molar-refractivity contribution in [2.24, 2.45) is 0 Å². The molecule has 7 heteroatoms. The average Bonchev–Trinajstić information content (AvgIpc) is 2.42. The minimum Gasteiger partial charge on any atom is -0.431 e. The molecule has 0 atom stereocenters. The van der Waals surface area contributed by atoms with Crippen LogP contribution >= 0.6 is 27.5 Å². The molecule has 0 fully saturated rings. The molecule has 1 heterocycles. The number of halogens is 2. The van der Waals surface area contributed by atoms with Crippen LogP contribution in [0.5, 0.6) is 11.6 Å². The molecule has 104 valence electrons. The Labute approximate surface area is 128 Å². The normalized spacial score (nSPS) is 10.3. The number of hydrogen-bond donors (Lipinski definition) is 0. The largest absolute Gasteiger partial charge is 0.431 e. The number of nitro benzene ring substituents is 1. The lowest BCUT2D eigenvalue weighted by molar-refractivity contribution is -0.385. The molecule has 0 radical (unpaired) electrons. The minimum absolute atomic E-state index is 0.0898. The minimum atomic E-state index is -0.474. The zero-order valence-electron chi connectivity index (χ0n) is 10.5. The first-order valence-electron chi connectivity index (χ1n) is 5.77. The van der Waals surface area contributed by atoms with Gasteiger partial charge in [-0.25, -0.2) is 4.98 Å². The number of aryl methyl sites for hydroxylation is 1. The standard InChI is InChI=1S/C13H10BrClN2O3/c1-2-8-3-4-12(11(5-8)17(18)19)20-13-10(14)6-9(15)7-16-13/h3-7H,2H2,1H3. The average molecular weight is 358 g/mol. The summed E-state index contributed by atoms with van der Waals surface area (Å²) in [5.41, 5.74) is 0.778. The molecule has 0 saturated carbocycles. The Hall–Kier alpha value is -1.66. The number of hydrogen-bond acceptors (Lipinski definition) is 4. The van der Waals surface area contributed by atoms with E-state index in [0.717, 1.165) is 5.56 Å². The van der Waals surface area contributed by atoms with Gasteiger partial charge in [0.05, 0.1) is 14.4 Å². The van der Waals surface area contributed by atoms with E-state index in [2.05, 4.69) is 20.9 Å². The quantitative estimate of drug-likeness (QED) is 0.584. The highest BCUT2D eigenvalue weighted by atomic mass is 79.9. The van der Waals surface area contributed by atoms with Crippen molar-refractivity contribution in [3.05, 3.63) is 55.6 Å². The Balaban J connectivity index is 2.40. The van der Waals surface area contributed by atoms with E-state index in [0.29, 0.717) is 15.9 Å². The maximum Gasteiger partial charge on any atom is 0.311 e. The fourth-order valence-corrected chi connectivity index (χ4v) is 2.31. The van der Waals surface area contributed by atoms with Crippen molar-refractivity contribution in [2.75, 3.05) is 0 Å². The molecule has 20 heavy (non-hydrogen) atoms. The molecule has 1 aromatic carbocycles. The van der Waals surface area contributed by atoms with Crippen molar-refractivity contribution in [2.45, 2.75) is 13.3 Å². The highest BCUT2D eigenvalue weighted by Gasteiger charge is 2.18. The van der Waals surface area contributed by atoms with Gasteiger partial charge in [-0.1, -0.05) is 24.6 Å². The topological polar surface area (TPSA) is 65.3 Å². The highest BCUT2D eigenvalue weighted by molar-refractivity contribution is 9.10. The predicted molar refractivity (Wildman–Crippen MR) is 79.5 cm³/mol. The van der Waals surface area contributed by atoms with Gasteiger partial charge in [-0.3, -0.25) is 10.1 Å². The Bertz CT molecular complexity index is 664.